The van der Waals surface area contributed by atoms with E-state index in [-0.39, 0.29) is 28.4 Å². The third-order valence-electron chi connectivity index (χ3n) is 4.97. The van der Waals surface area contributed by atoms with Gasteiger partial charge in [0.1, 0.15) is 0 Å². The molecule has 0 saturated heterocycles. The number of nitriles is 1. The van der Waals surface area contributed by atoms with Gasteiger partial charge in [0.05, 0.1) is 22.7 Å². The number of aromatic nitrogens is 4. The Bertz CT molecular complexity index is 937. The molecule has 10 heteroatoms. The predicted octanol–water partition coefficient (Wildman–Crippen LogP) is 1.14. The van der Waals surface area contributed by atoms with Crippen molar-refractivity contribution in [2.45, 2.75) is 24.8 Å². The Labute approximate surface area is 147 Å². The second-order valence-corrected chi connectivity index (χ2v) is 6.93. The van der Waals surface area contributed by atoms with Crippen molar-refractivity contribution in [3.05, 3.63) is 23.9 Å². The Morgan fingerprint density at radius 1 is 1.35 bits per heavy atom. The van der Waals surface area contributed by atoms with Crippen LogP contribution in [-0.2, 0) is 7.05 Å². The zero-order chi connectivity index (χ0) is 18.5. The van der Waals surface area contributed by atoms with Gasteiger partial charge in [0, 0.05) is 18.8 Å². The number of carbonyl (C=O) groups is 2. The molecule has 3 N–H and O–H groups in total. The molecule has 132 valence electrons. The second-order valence-electron chi connectivity index (χ2n) is 6.93. The minimum absolute atomic E-state index is 0.192. The Balaban J connectivity index is 1.49. The Morgan fingerprint density at radius 2 is 2.08 bits per heavy atom. The van der Waals surface area contributed by atoms with E-state index in [0.717, 1.165) is 0 Å². The SMILES string of the molecule is Cn1nnc(-c2ccc(C(=O)NC34CC(C#N)(C3)C4)cn2)c1NC(=O)O. The monoisotopic (exact) mass is 353 g/mol. The molecule has 2 aromatic rings. The lowest BCUT2D eigenvalue weighted by Gasteiger charge is -2.66. The quantitative estimate of drug-likeness (QED) is 0.747. The summed E-state index contributed by atoms with van der Waals surface area (Å²) in [7, 11) is 1.56. The fourth-order valence-electron chi connectivity index (χ4n) is 3.79. The van der Waals surface area contributed by atoms with E-state index in [0.29, 0.717) is 30.5 Å². The lowest BCUT2D eigenvalue weighted by atomic mass is 9.40. The van der Waals surface area contributed by atoms with Crippen LogP contribution in [0.15, 0.2) is 18.3 Å². The van der Waals surface area contributed by atoms with Crippen molar-refractivity contribution < 1.29 is 14.7 Å². The molecular weight excluding hydrogens is 338 g/mol. The summed E-state index contributed by atoms with van der Waals surface area (Å²) in [5, 5.41) is 30.8. The summed E-state index contributed by atoms with van der Waals surface area (Å²) in [6, 6.07) is 5.49. The average molecular weight is 353 g/mol. The molecule has 2 bridgehead atoms. The molecule has 2 amide bonds. The first-order chi connectivity index (χ1) is 12.4. The molecule has 0 aromatic carbocycles. The largest absolute Gasteiger partial charge is 0.465 e. The number of anilines is 1. The molecule has 0 unspecified atom stereocenters. The van der Waals surface area contributed by atoms with E-state index in [2.05, 4.69) is 32.0 Å². The minimum Gasteiger partial charge on any atom is -0.465 e. The Morgan fingerprint density at radius 3 is 2.65 bits per heavy atom. The number of amides is 2. The third-order valence-corrected chi connectivity index (χ3v) is 4.97. The van der Waals surface area contributed by atoms with Gasteiger partial charge in [0.15, 0.2) is 11.5 Å². The number of carboxylic acid groups (broad SMARTS) is 1. The van der Waals surface area contributed by atoms with Gasteiger partial charge in [-0.15, -0.1) is 5.10 Å². The molecule has 26 heavy (non-hydrogen) atoms. The van der Waals surface area contributed by atoms with Crippen LogP contribution in [0.3, 0.4) is 0 Å². The van der Waals surface area contributed by atoms with Gasteiger partial charge in [-0.1, -0.05) is 5.21 Å². The van der Waals surface area contributed by atoms with Crippen LogP contribution in [0.5, 0.6) is 0 Å². The summed E-state index contributed by atoms with van der Waals surface area (Å²) in [4.78, 5) is 27.5. The topological polar surface area (TPSA) is 146 Å². The number of hydrogen-bond acceptors (Lipinski definition) is 6. The van der Waals surface area contributed by atoms with Gasteiger partial charge in [-0.2, -0.15) is 5.26 Å². The molecule has 2 heterocycles. The zero-order valence-electron chi connectivity index (χ0n) is 13.9. The van der Waals surface area contributed by atoms with E-state index >= 15 is 0 Å². The smallest absolute Gasteiger partial charge is 0.410 e. The van der Waals surface area contributed by atoms with E-state index in [9.17, 15) is 9.59 Å². The molecule has 10 nitrogen and oxygen atoms in total. The maximum absolute atomic E-state index is 12.4. The van der Waals surface area contributed by atoms with E-state index in [1.165, 1.54) is 10.9 Å². The summed E-state index contributed by atoms with van der Waals surface area (Å²) in [5.74, 6) is -0.0452. The van der Waals surface area contributed by atoms with Crippen molar-refractivity contribution in [1.29, 1.82) is 5.26 Å². The zero-order valence-corrected chi connectivity index (χ0v) is 13.9. The molecular formula is C16H15N7O3. The van der Waals surface area contributed by atoms with Gasteiger partial charge < -0.3 is 10.4 Å². The van der Waals surface area contributed by atoms with Crippen LogP contribution in [0.4, 0.5) is 10.6 Å². The number of pyridine rings is 1. The van der Waals surface area contributed by atoms with Crippen molar-refractivity contribution in [2.24, 2.45) is 12.5 Å². The number of nitrogens with one attached hydrogen (secondary N) is 2. The van der Waals surface area contributed by atoms with Gasteiger partial charge in [-0.3, -0.25) is 15.1 Å². The molecule has 0 spiro atoms. The van der Waals surface area contributed by atoms with Gasteiger partial charge in [0.2, 0.25) is 0 Å². The van der Waals surface area contributed by atoms with Crippen molar-refractivity contribution in [3.63, 3.8) is 0 Å². The van der Waals surface area contributed by atoms with Crippen LogP contribution >= 0.6 is 0 Å². The molecule has 3 saturated carbocycles. The van der Waals surface area contributed by atoms with Crippen LogP contribution in [0, 0.1) is 16.7 Å². The standard InChI is InChI=1S/C16H15N7O3/c1-23-12(19-14(25)26)11(21-22-23)10-3-2-9(4-18-10)13(24)20-16-5-15(6-16,7-16)8-17/h2-4,19H,5-7H2,1H3,(H,20,24)(H,25,26). The van der Waals surface area contributed by atoms with Crippen LogP contribution in [0.25, 0.3) is 11.4 Å². The highest BCUT2D eigenvalue weighted by molar-refractivity contribution is 5.95. The fourth-order valence-corrected chi connectivity index (χ4v) is 3.79. The molecule has 3 aliphatic carbocycles. The van der Waals surface area contributed by atoms with E-state index in [1.54, 1.807) is 19.2 Å². The number of carbonyl (C=O) groups excluding carboxylic acids is 1. The third kappa shape index (κ3) is 2.36. The van der Waals surface area contributed by atoms with E-state index < -0.39 is 6.09 Å². The first kappa shape index (κ1) is 16.0. The highest BCUT2D eigenvalue weighted by Crippen LogP contribution is 2.66. The van der Waals surface area contributed by atoms with Gasteiger partial charge in [-0.05, 0) is 31.4 Å². The van der Waals surface area contributed by atoms with Gasteiger partial charge >= 0.3 is 6.09 Å². The minimum atomic E-state index is -1.23. The maximum Gasteiger partial charge on any atom is 0.410 e. The van der Waals surface area contributed by atoms with Crippen molar-refractivity contribution in [3.8, 4) is 17.5 Å². The summed E-state index contributed by atoms with van der Waals surface area (Å²) in [6.45, 7) is 0. The van der Waals surface area contributed by atoms with Crippen molar-refractivity contribution in [2.75, 3.05) is 5.32 Å². The Kier molecular flexibility index (Phi) is 3.24. The highest BCUT2D eigenvalue weighted by Gasteiger charge is 2.69. The normalized spacial score (nSPS) is 25.4. The van der Waals surface area contributed by atoms with E-state index in [4.69, 9.17) is 10.4 Å². The predicted molar refractivity (Wildman–Crippen MR) is 88.0 cm³/mol. The van der Waals surface area contributed by atoms with Crippen LogP contribution in [0.2, 0.25) is 0 Å². The molecule has 0 atom stereocenters. The summed E-state index contributed by atoms with van der Waals surface area (Å²) >= 11 is 0. The van der Waals surface area contributed by atoms with Gasteiger partial charge in [-0.25, -0.2) is 9.48 Å². The molecule has 3 aliphatic rings. The first-order valence-corrected chi connectivity index (χ1v) is 7.95. The van der Waals surface area contributed by atoms with Crippen molar-refractivity contribution >= 4 is 17.8 Å². The second kappa shape index (κ2) is 5.26. The number of nitrogens with zero attached hydrogens (tertiary/aromatic N) is 5. The fraction of sp³-hybridized carbons (Fsp3) is 0.375. The summed E-state index contributed by atoms with van der Waals surface area (Å²) < 4.78 is 1.29. The molecule has 5 rings (SSSR count). The lowest BCUT2D eigenvalue weighted by molar-refractivity contribution is -0.102. The van der Waals surface area contributed by atoms with Crippen molar-refractivity contribution in [1.82, 2.24) is 25.3 Å². The lowest BCUT2D eigenvalue weighted by Crippen LogP contribution is -2.74. The van der Waals surface area contributed by atoms with E-state index in [1.807, 2.05) is 0 Å². The van der Waals surface area contributed by atoms with Gasteiger partial charge in [0.25, 0.3) is 5.91 Å². The Hall–Kier alpha value is -3.48. The number of rotatable bonds is 4. The summed E-state index contributed by atoms with van der Waals surface area (Å²) in [6.07, 6.45) is 2.30. The summed E-state index contributed by atoms with van der Waals surface area (Å²) in [5.41, 5.74) is 0.592. The molecule has 0 aliphatic heterocycles. The first-order valence-electron chi connectivity index (χ1n) is 7.95. The van der Waals surface area contributed by atoms with Crippen LogP contribution in [0.1, 0.15) is 29.6 Å². The average Bonchev–Trinajstić information content (AvgIpc) is 2.90. The molecule has 2 aromatic heterocycles. The number of aryl methyl sites for hydroxylation is 1. The molecule has 3 fully saturated rings. The van der Waals surface area contributed by atoms with Crippen LogP contribution in [-0.4, -0.2) is 42.6 Å². The van der Waals surface area contributed by atoms with Crippen LogP contribution < -0.4 is 10.6 Å². The maximum atomic E-state index is 12.4. The highest BCUT2D eigenvalue weighted by atomic mass is 16.4. The molecule has 0 radical (unpaired) electrons. The number of hydrogen-bond donors (Lipinski definition) is 3.